The monoisotopic (exact) mass is 403 g/mol. The summed E-state index contributed by atoms with van der Waals surface area (Å²) in [5.41, 5.74) is 0.446. The fourth-order valence-corrected chi connectivity index (χ4v) is 2.97. The summed E-state index contributed by atoms with van der Waals surface area (Å²) in [7, 11) is 0. The van der Waals surface area contributed by atoms with E-state index in [1.54, 1.807) is 19.1 Å². The van der Waals surface area contributed by atoms with Gasteiger partial charge in [-0.3, -0.25) is 24.6 Å². The first kappa shape index (κ1) is 22.1. The van der Waals surface area contributed by atoms with Gasteiger partial charge in [0, 0.05) is 6.54 Å². The Labute approximate surface area is 168 Å². The Hall–Kier alpha value is -3.23. The number of carbonyl (C=O) groups is 5. The van der Waals surface area contributed by atoms with E-state index in [1.165, 1.54) is 19.1 Å². The molecular formula is C20H25N3O6. The number of imide groups is 2. The molecule has 0 fully saturated rings. The average molecular weight is 403 g/mol. The molecule has 9 nitrogen and oxygen atoms in total. The third-order valence-corrected chi connectivity index (χ3v) is 4.34. The summed E-state index contributed by atoms with van der Waals surface area (Å²) in [6.45, 7) is 6.99. The van der Waals surface area contributed by atoms with E-state index < -0.39 is 41.9 Å². The van der Waals surface area contributed by atoms with Gasteiger partial charge in [-0.2, -0.15) is 0 Å². The van der Waals surface area contributed by atoms with Crippen molar-refractivity contribution in [1.82, 2.24) is 15.5 Å². The largest absolute Gasteiger partial charge is 0.451 e. The van der Waals surface area contributed by atoms with E-state index in [0.717, 1.165) is 4.90 Å². The van der Waals surface area contributed by atoms with Crippen LogP contribution in [0, 0.1) is 5.92 Å². The molecular weight excluding hydrogens is 378 g/mol. The number of carbonyl (C=O) groups excluding carboxylic acids is 5. The van der Waals surface area contributed by atoms with Gasteiger partial charge in [-0.15, -0.1) is 0 Å². The number of rotatable bonds is 7. The molecule has 0 spiro atoms. The summed E-state index contributed by atoms with van der Waals surface area (Å²) >= 11 is 0. The van der Waals surface area contributed by atoms with Gasteiger partial charge in [0.1, 0.15) is 6.04 Å². The lowest BCUT2D eigenvalue weighted by Crippen LogP contribution is -2.49. The molecule has 1 aliphatic rings. The molecule has 0 saturated carbocycles. The minimum Gasteiger partial charge on any atom is -0.451 e. The topological polar surface area (TPSA) is 122 Å². The number of benzene rings is 1. The zero-order chi connectivity index (χ0) is 21.7. The lowest BCUT2D eigenvalue weighted by Gasteiger charge is -2.27. The predicted molar refractivity (Wildman–Crippen MR) is 103 cm³/mol. The van der Waals surface area contributed by atoms with Gasteiger partial charge in [0.05, 0.1) is 11.1 Å². The van der Waals surface area contributed by atoms with E-state index >= 15 is 0 Å². The Kier molecular flexibility index (Phi) is 7.08. The van der Waals surface area contributed by atoms with Crippen LogP contribution in [0.2, 0.25) is 0 Å². The highest BCUT2D eigenvalue weighted by Gasteiger charge is 2.44. The molecule has 0 aromatic heterocycles. The summed E-state index contributed by atoms with van der Waals surface area (Å²) in [4.78, 5) is 62.7. The van der Waals surface area contributed by atoms with Gasteiger partial charge >= 0.3 is 12.0 Å². The lowest BCUT2D eigenvalue weighted by molar-refractivity contribution is -0.158. The first-order valence-corrected chi connectivity index (χ1v) is 9.43. The maximum absolute atomic E-state index is 12.8. The fourth-order valence-electron chi connectivity index (χ4n) is 2.97. The van der Waals surface area contributed by atoms with E-state index in [1.807, 2.05) is 13.8 Å². The average Bonchev–Trinajstić information content (AvgIpc) is 2.90. The van der Waals surface area contributed by atoms with Crippen LogP contribution in [0.3, 0.4) is 0 Å². The van der Waals surface area contributed by atoms with Crippen LogP contribution in [-0.2, 0) is 14.3 Å². The molecule has 156 valence electrons. The van der Waals surface area contributed by atoms with Crippen LogP contribution in [0.25, 0.3) is 0 Å². The molecule has 2 rings (SSSR count). The normalized spacial score (nSPS) is 15.0. The minimum atomic E-state index is -1.28. The predicted octanol–water partition coefficient (Wildman–Crippen LogP) is 1.47. The van der Waals surface area contributed by atoms with Gasteiger partial charge in [0.15, 0.2) is 6.10 Å². The Balaban J connectivity index is 2.17. The molecule has 2 atom stereocenters. The van der Waals surface area contributed by atoms with Gasteiger partial charge in [-0.05, 0) is 38.3 Å². The number of hydrogen-bond acceptors (Lipinski definition) is 6. The summed E-state index contributed by atoms with van der Waals surface area (Å²) < 4.78 is 5.19. The molecule has 0 aliphatic carbocycles. The highest BCUT2D eigenvalue weighted by atomic mass is 16.5. The number of ether oxygens (including phenoxy) is 1. The molecule has 5 amide bonds. The van der Waals surface area contributed by atoms with E-state index in [9.17, 15) is 24.0 Å². The van der Waals surface area contributed by atoms with E-state index in [4.69, 9.17) is 4.74 Å². The number of urea groups is 1. The van der Waals surface area contributed by atoms with E-state index in [2.05, 4.69) is 10.6 Å². The number of hydrogen-bond donors (Lipinski definition) is 2. The van der Waals surface area contributed by atoms with E-state index in [-0.39, 0.29) is 23.5 Å². The van der Waals surface area contributed by atoms with Crippen molar-refractivity contribution in [1.29, 1.82) is 0 Å². The second-order valence-corrected chi connectivity index (χ2v) is 7.10. The van der Waals surface area contributed by atoms with Gasteiger partial charge in [-0.25, -0.2) is 9.59 Å². The molecule has 2 N–H and O–H groups in total. The summed E-state index contributed by atoms with van der Waals surface area (Å²) in [6, 6.07) is 4.43. The van der Waals surface area contributed by atoms with Crippen molar-refractivity contribution in [2.75, 3.05) is 6.54 Å². The van der Waals surface area contributed by atoms with Crippen molar-refractivity contribution in [2.24, 2.45) is 5.92 Å². The Morgan fingerprint density at radius 3 is 2.07 bits per heavy atom. The Morgan fingerprint density at radius 1 is 1.03 bits per heavy atom. The van der Waals surface area contributed by atoms with Crippen molar-refractivity contribution in [3.8, 4) is 0 Å². The van der Waals surface area contributed by atoms with Crippen LogP contribution in [0.1, 0.15) is 54.8 Å². The standard InChI is InChI=1S/C20H25N3O6/c1-5-21-20(28)22-16(24)12(4)29-19(27)15(10-11(2)3)23-17(25)13-8-6-7-9-14(13)18(23)26/h6-9,11-12,15H,5,10H2,1-4H3,(H2,21,22,24,28)/t12-,15-/m0/s1. The SMILES string of the molecule is CCNC(=O)NC(=O)[C@H](C)OC(=O)[C@H](CC(C)C)N1C(=O)c2ccccc2C1=O. The van der Waals surface area contributed by atoms with Crippen molar-refractivity contribution in [3.05, 3.63) is 35.4 Å². The maximum Gasteiger partial charge on any atom is 0.330 e. The Bertz CT molecular complexity index is 800. The highest BCUT2D eigenvalue weighted by Crippen LogP contribution is 2.27. The molecule has 9 heteroatoms. The molecule has 1 aliphatic heterocycles. The van der Waals surface area contributed by atoms with Crippen LogP contribution in [0.15, 0.2) is 24.3 Å². The molecule has 0 saturated heterocycles. The summed E-state index contributed by atoms with van der Waals surface area (Å²) in [5.74, 6) is -2.88. The van der Waals surface area contributed by atoms with Crippen molar-refractivity contribution in [2.45, 2.75) is 46.3 Å². The van der Waals surface area contributed by atoms with Gasteiger partial charge < -0.3 is 10.1 Å². The molecule has 1 heterocycles. The second-order valence-electron chi connectivity index (χ2n) is 7.10. The zero-order valence-corrected chi connectivity index (χ0v) is 16.9. The first-order chi connectivity index (χ1) is 13.7. The Morgan fingerprint density at radius 2 is 1.59 bits per heavy atom. The maximum atomic E-state index is 12.8. The molecule has 1 aromatic carbocycles. The van der Waals surface area contributed by atoms with Crippen LogP contribution in [-0.4, -0.2) is 53.3 Å². The van der Waals surface area contributed by atoms with Gasteiger partial charge in [0.25, 0.3) is 17.7 Å². The molecule has 0 radical (unpaired) electrons. The van der Waals surface area contributed by atoms with Crippen molar-refractivity contribution < 1.29 is 28.7 Å². The zero-order valence-electron chi connectivity index (χ0n) is 16.9. The fraction of sp³-hybridized carbons (Fsp3) is 0.450. The number of fused-ring (bicyclic) bond motifs is 1. The van der Waals surface area contributed by atoms with Crippen LogP contribution < -0.4 is 10.6 Å². The first-order valence-electron chi connectivity index (χ1n) is 9.43. The van der Waals surface area contributed by atoms with Crippen LogP contribution in [0.5, 0.6) is 0 Å². The van der Waals surface area contributed by atoms with Gasteiger partial charge in [0.2, 0.25) is 0 Å². The van der Waals surface area contributed by atoms with Crippen LogP contribution in [0.4, 0.5) is 4.79 Å². The molecule has 1 aromatic rings. The lowest BCUT2D eigenvalue weighted by atomic mass is 10.0. The number of amides is 5. The van der Waals surface area contributed by atoms with Gasteiger partial charge in [-0.1, -0.05) is 26.0 Å². The molecule has 0 bridgehead atoms. The van der Waals surface area contributed by atoms with E-state index in [0.29, 0.717) is 6.54 Å². The summed E-state index contributed by atoms with van der Waals surface area (Å²) in [6.07, 6.45) is -1.11. The number of nitrogens with zero attached hydrogens (tertiary/aromatic N) is 1. The number of nitrogens with one attached hydrogen (secondary N) is 2. The molecule has 0 unspecified atom stereocenters. The van der Waals surface area contributed by atoms with Crippen molar-refractivity contribution in [3.63, 3.8) is 0 Å². The second kappa shape index (κ2) is 9.31. The quantitative estimate of drug-likeness (QED) is 0.525. The smallest absolute Gasteiger partial charge is 0.330 e. The third kappa shape index (κ3) is 4.98. The third-order valence-electron chi connectivity index (χ3n) is 4.34. The molecule has 29 heavy (non-hydrogen) atoms. The minimum absolute atomic E-state index is 0.0312. The van der Waals surface area contributed by atoms with Crippen LogP contribution >= 0.6 is 0 Å². The highest BCUT2D eigenvalue weighted by molar-refractivity contribution is 6.22. The summed E-state index contributed by atoms with van der Waals surface area (Å²) in [5, 5.41) is 4.44. The number of esters is 1. The van der Waals surface area contributed by atoms with Crippen molar-refractivity contribution >= 4 is 29.7 Å².